The molecule has 2 aliphatic heterocycles. The summed E-state index contributed by atoms with van der Waals surface area (Å²) >= 11 is 1.12. The normalized spacial score (nSPS) is 25.8. The minimum atomic E-state index is -2.75. The first-order valence-corrected chi connectivity index (χ1v) is 10.2. The minimum absolute atomic E-state index is 0.00705. The number of nitrogens with two attached hydrogens (primary N) is 1. The summed E-state index contributed by atoms with van der Waals surface area (Å²) in [6.07, 6.45) is -1.76. The number of benzene rings is 1. The third-order valence-electron chi connectivity index (χ3n) is 5.35. The van der Waals surface area contributed by atoms with Crippen LogP contribution < -0.4 is 5.73 Å². The van der Waals surface area contributed by atoms with E-state index in [1.165, 1.54) is 30.5 Å². The van der Waals surface area contributed by atoms with E-state index in [4.69, 9.17) is 17.0 Å². The Morgan fingerprint density at radius 1 is 1.35 bits per heavy atom. The van der Waals surface area contributed by atoms with Gasteiger partial charge < -0.3 is 10.5 Å². The molecule has 4 rings (SSSR count). The van der Waals surface area contributed by atoms with E-state index in [1.54, 1.807) is 0 Å². The van der Waals surface area contributed by atoms with E-state index in [-0.39, 0.29) is 34.5 Å². The third-order valence-corrected chi connectivity index (χ3v) is 6.26. The number of hydrogen-bond acceptors (Lipinski definition) is 5. The number of thioether (sulfide) groups is 1. The van der Waals surface area contributed by atoms with Crippen LogP contribution in [-0.2, 0) is 10.3 Å². The minimum Gasteiger partial charge on any atom is -0.379 e. The fourth-order valence-electron chi connectivity index (χ4n) is 3.83. The van der Waals surface area contributed by atoms with Gasteiger partial charge in [0.05, 0.1) is 18.9 Å². The fraction of sp³-hybridized carbons (Fsp3) is 0.286. The summed E-state index contributed by atoms with van der Waals surface area (Å²) in [4.78, 5) is 11.4. The molecule has 10 heteroatoms. The summed E-state index contributed by atoms with van der Waals surface area (Å²) in [5.41, 5.74) is 5.05. The van der Waals surface area contributed by atoms with Gasteiger partial charge in [-0.1, -0.05) is 23.9 Å². The van der Waals surface area contributed by atoms with Gasteiger partial charge in [-0.3, -0.25) is 4.98 Å². The van der Waals surface area contributed by atoms with Crippen LogP contribution in [0.4, 0.5) is 23.2 Å². The van der Waals surface area contributed by atoms with Crippen LogP contribution in [-0.4, -0.2) is 35.0 Å². The van der Waals surface area contributed by atoms with E-state index in [0.29, 0.717) is 5.56 Å². The summed E-state index contributed by atoms with van der Waals surface area (Å²) < 4.78 is 61.9. The van der Waals surface area contributed by atoms with Gasteiger partial charge in [-0.15, -0.1) is 0 Å². The Hall–Kier alpha value is -2.90. The van der Waals surface area contributed by atoms with Crippen LogP contribution in [0.1, 0.15) is 16.8 Å². The number of alkyl halides is 2. The van der Waals surface area contributed by atoms with Gasteiger partial charge >= 0.3 is 0 Å². The van der Waals surface area contributed by atoms with Gasteiger partial charge in [-0.25, -0.2) is 27.4 Å². The molecular formula is C21H16F4N4OS. The summed E-state index contributed by atoms with van der Waals surface area (Å²) in [7, 11) is 0. The molecule has 1 fully saturated rings. The van der Waals surface area contributed by atoms with Crippen molar-refractivity contribution < 1.29 is 22.3 Å². The van der Waals surface area contributed by atoms with Crippen LogP contribution in [0.25, 0.3) is 16.7 Å². The topological polar surface area (TPSA) is 64.9 Å². The lowest BCUT2D eigenvalue weighted by Crippen LogP contribution is -2.43. The highest BCUT2D eigenvalue weighted by Gasteiger charge is 2.56. The molecule has 1 aromatic heterocycles. The van der Waals surface area contributed by atoms with Gasteiger partial charge in [0.1, 0.15) is 23.3 Å². The molecule has 0 bridgehead atoms. The first kappa shape index (κ1) is 21.3. The number of rotatable bonds is 4. The van der Waals surface area contributed by atoms with Gasteiger partial charge in [0, 0.05) is 23.4 Å². The second-order valence-corrected chi connectivity index (χ2v) is 8.19. The van der Waals surface area contributed by atoms with Crippen molar-refractivity contribution in [1.82, 2.24) is 4.98 Å². The number of amidine groups is 1. The second kappa shape index (κ2) is 8.32. The molecule has 2 aromatic rings. The zero-order chi connectivity index (χ0) is 22.2. The molecule has 0 unspecified atom stereocenters. The second-order valence-electron chi connectivity index (χ2n) is 7.15. The van der Waals surface area contributed by atoms with Gasteiger partial charge in [0.25, 0.3) is 6.43 Å². The molecule has 5 nitrogen and oxygen atoms in total. The summed E-state index contributed by atoms with van der Waals surface area (Å²) in [6.45, 7) is 6.67. The third kappa shape index (κ3) is 3.91. The van der Waals surface area contributed by atoms with Crippen molar-refractivity contribution in [3.8, 4) is 0 Å². The van der Waals surface area contributed by atoms with Crippen LogP contribution >= 0.6 is 11.8 Å². The predicted octanol–water partition coefficient (Wildman–Crippen LogP) is 4.78. The van der Waals surface area contributed by atoms with Crippen LogP contribution in [0.15, 0.2) is 41.5 Å². The van der Waals surface area contributed by atoms with Gasteiger partial charge in [0.15, 0.2) is 5.17 Å². The smallest absolute Gasteiger partial charge is 0.264 e. The number of aromatic nitrogens is 1. The van der Waals surface area contributed by atoms with Gasteiger partial charge in [-0.05, 0) is 29.8 Å². The Morgan fingerprint density at radius 2 is 2.16 bits per heavy atom. The number of ether oxygens (including phenoxy) is 1. The molecular weight excluding hydrogens is 432 g/mol. The number of pyridine rings is 1. The number of fused-ring (bicyclic) bond motifs is 1. The maximum absolute atomic E-state index is 14.9. The van der Waals surface area contributed by atoms with E-state index in [1.807, 2.05) is 0 Å². The van der Waals surface area contributed by atoms with Crippen LogP contribution in [0.2, 0.25) is 0 Å². The number of halogens is 4. The first-order valence-electron chi connectivity index (χ1n) is 9.23. The Bertz CT molecular complexity index is 1100. The largest absolute Gasteiger partial charge is 0.379 e. The molecule has 160 valence electrons. The van der Waals surface area contributed by atoms with E-state index in [2.05, 4.69) is 14.8 Å². The van der Waals surface area contributed by atoms with Crippen molar-refractivity contribution in [3.05, 3.63) is 70.6 Å². The number of hydrogen-bond donors (Lipinski definition) is 1. The van der Waals surface area contributed by atoms with Crippen molar-refractivity contribution in [2.24, 2.45) is 16.6 Å². The Kier molecular flexibility index (Phi) is 5.73. The van der Waals surface area contributed by atoms with Crippen LogP contribution in [0.5, 0.6) is 0 Å². The molecule has 0 aliphatic carbocycles. The summed E-state index contributed by atoms with van der Waals surface area (Å²) in [5, 5.41) is 0.158. The Balaban J connectivity index is 1.75. The van der Waals surface area contributed by atoms with Crippen molar-refractivity contribution >= 4 is 34.5 Å². The SMILES string of the molecule is [C-]#[N+]c1ccc(/C(F)=C/c2ccc(F)c([C@]34CO[C@H](C(F)F)[C@H]3CSC(N)=N4)c2)nc1. The molecule has 31 heavy (non-hydrogen) atoms. The molecule has 2 N–H and O–H groups in total. The van der Waals surface area contributed by atoms with Gasteiger partial charge in [0.2, 0.25) is 5.69 Å². The predicted molar refractivity (Wildman–Crippen MR) is 111 cm³/mol. The number of nitrogens with zero attached hydrogens (tertiary/aromatic N) is 3. The standard InChI is InChI=1S/C21H16F4N4OS/c1-27-12-3-5-17(28-8-12)16(23)7-11-2-4-15(22)13(6-11)21-10-30-18(19(24)25)14(21)9-31-20(26)29-21/h2-8,14,18-19H,9-10H2,(H2,26,29)/b16-7-/t14-,18+,21-/m1/s1. The Labute approximate surface area is 179 Å². The van der Waals surface area contributed by atoms with Crippen molar-refractivity contribution in [2.75, 3.05) is 12.4 Å². The maximum atomic E-state index is 14.9. The molecule has 1 saturated heterocycles. The van der Waals surface area contributed by atoms with E-state index < -0.39 is 35.6 Å². The van der Waals surface area contributed by atoms with Gasteiger partial charge in [-0.2, -0.15) is 0 Å². The maximum Gasteiger partial charge on any atom is 0.264 e. The molecule has 0 saturated carbocycles. The highest BCUT2D eigenvalue weighted by molar-refractivity contribution is 8.13. The zero-order valence-corrected chi connectivity index (χ0v) is 16.8. The van der Waals surface area contributed by atoms with E-state index in [0.717, 1.165) is 23.9 Å². The molecule has 3 atom stereocenters. The van der Waals surface area contributed by atoms with Crippen LogP contribution in [0.3, 0.4) is 0 Å². The van der Waals surface area contributed by atoms with E-state index >= 15 is 0 Å². The average molecular weight is 448 g/mol. The summed E-state index contributed by atoms with van der Waals surface area (Å²) in [5.74, 6) is -1.94. The molecule has 1 aromatic carbocycles. The van der Waals surface area contributed by atoms with Crippen molar-refractivity contribution in [2.45, 2.75) is 18.1 Å². The molecule has 0 amide bonds. The first-order chi connectivity index (χ1) is 14.8. The Morgan fingerprint density at radius 3 is 2.84 bits per heavy atom. The zero-order valence-electron chi connectivity index (χ0n) is 15.9. The highest BCUT2D eigenvalue weighted by atomic mass is 32.2. The van der Waals surface area contributed by atoms with Crippen molar-refractivity contribution in [1.29, 1.82) is 0 Å². The van der Waals surface area contributed by atoms with Crippen molar-refractivity contribution in [3.63, 3.8) is 0 Å². The lowest BCUT2D eigenvalue weighted by Gasteiger charge is -2.35. The molecule has 3 heterocycles. The summed E-state index contributed by atoms with van der Waals surface area (Å²) in [6, 6.07) is 6.67. The molecule has 0 radical (unpaired) electrons. The quantitative estimate of drug-likeness (QED) is 0.540. The number of aliphatic imine (C=N–C) groups is 1. The average Bonchev–Trinajstić information content (AvgIpc) is 3.14. The monoisotopic (exact) mass is 448 g/mol. The lowest BCUT2D eigenvalue weighted by atomic mass is 9.78. The lowest BCUT2D eigenvalue weighted by molar-refractivity contribution is -0.0359. The molecule has 0 spiro atoms. The molecule has 2 aliphatic rings. The highest BCUT2D eigenvalue weighted by Crippen LogP contribution is 2.49. The van der Waals surface area contributed by atoms with Crippen LogP contribution in [0, 0.1) is 18.3 Å². The fourth-order valence-corrected chi connectivity index (χ4v) is 4.88. The van der Waals surface area contributed by atoms with E-state index in [9.17, 15) is 17.6 Å².